The second-order valence-electron chi connectivity index (χ2n) is 3.83. The number of hydrogen-bond acceptors (Lipinski definition) is 3. The molecule has 76 valence electrons. The lowest BCUT2D eigenvalue weighted by Gasteiger charge is -2.13. The fraction of sp³-hybridized carbons (Fsp3) is 0.545. The Hall–Kier alpha value is -1.09. The van der Waals surface area contributed by atoms with E-state index in [-0.39, 0.29) is 0 Å². The van der Waals surface area contributed by atoms with Gasteiger partial charge in [0.25, 0.3) is 0 Å². The van der Waals surface area contributed by atoms with Gasteiger partial charge in [0.15, 0.2) is 0 Å². The van der Waals surface area contributed by atoms with E-state index in [0.717, 1.165) is 12.4 Å². The molecule has 0 aliphatic carbocycles. The Morgan fingerprint density at radius 1 is 1.57 bits per heavy atom. The average Bonchev–Trinajstić information content (AvgIpc) is 2.70. The Balaban J connectivity index is 2.25. The summed E-state index contributed by atoms with van der Waals surface area (Å²) in [6.45, 7) is 3.29. The van der Waals surface area contributed by atoms with Crippen LogP contribution in [0.2, 0.25) is 0 Å². The standard InChI is InChI=1S/C11H17N3/c1-8-6-11(12-2)14-7-9(8)10-4-3-5-13-10/h6-7,10,13H,3-5H2,1-2H3,(H,12,14)/t10-/m1/s1. The van der Waals surface area contributed by atoms with Gasteiger partial charge >= 0.3 is 0 Å². The highest BCUT2D eigenvalue weighted by molar-refractivity contribution is 5.41. The lowest BCUT2D eigenvalue weighted by atomic mass is 10.0. The second-order valence-corrected chi connectivity index (χ2v) is 3.83. The molecule has 2 N–H and O–H groups in total. The smallest absolute Gasteiger partial charge is 0.125 e. The molecule has 1 fully saturated rings. The SMILES string of the molecule is CNc1cc(C)c([C@H]2CCCN2)cn1. The first-order valence-electron chi connectivity index (χ1n) is 5.19. The molecule has 1 aromatic rings. The molecule has 1 aromatic heterocycles. The summed E-state index contributed by atoms with van der Waals surface area (Å²) in [5.41, 5.74) is 2.67. The van der Waals surface area contributed by atoms with E-state index in [1.54, 1.807) is 0 Å². The first-order chi connectivity index (χ1) is 6.81. The summed E-state index contributed by atoms with van der Waals surface area (Å²) in [6.07, 6.45) is 4.50. The summed E-state index contributed by atoms with van der Waals surface area (Å²) >= 11 is 0. The average molecular weight is 191 g/mol. The first kappa shape index (κ1) is 9.46. The normalized spacial score (nSPS) is 21.1. The van der Waals surface area contributed by atoms with Gasteiger partial charge in [-0.05, 0) is 43.5 Å². The van der Waals surface area contributed by atoms with Crippen molar-refractivity contribution in [2.24, 2.45) is 0 Å². The van der Waals surface area contributed by atoms with E-state index in [0.29, 0.717) is 6.04 Å². The Morgan fingerprint density at radius 2 is 2.43 bits per heavy atom. The predicted octanol–water partition coefficient (Wildman–Crippen LogP) is 1.86. The van der Waals surface area contributed by atoms with Crippen LogP contribution in [0.5, 0.6) is 0 Å². The topological polar surface area (TPSA) is 37.0 Å². The van der Waals surface area contributed by atoms with Crippen LogP contribution in [0.4, 0.5) is 5.82 Å². The third-order valence-electron chi connectivity index (χ3n) is 2.84. The van der Waals surface area contributed by atoms with Gasteiger partial charge in [-0.3, -0.25) is 0 Å². The van der Waals surface area contributed by atoms with E-state index in [2.05, 4.69) is 28.6 Å². The zero-order valence-electron chi connectivity index (χ0n) is 8.80. The van der Waals surface area contributed by atoms with Gasteiger partial charge in [-0.15, -0.1) is 0 Å². The lowest BCUT2D eigenvalue weighted by molar-refractivity contribution is 0.641. The molecule has 1 saturated heterocycles. The number of nitrogens with zero attached hydrogens (tertiary/aromatic N) is 1. The second kappa shape index (κ2) is 3.96. The molecule has 3 nitrogen and oxygen atoms in total. The highest BCUT2D eigenvalue weighted by atomic mass is 15.0. The Bertz CT molecular complexity index is 316. The van der Waals surface area contributed by atoms with Crippen molar-refractivity contribution in [3.05, 3.63) is 23.4 Å². The molecule has 0 unspecified atom stereocenters. The fourth-order valence-corrected chi connectivity index (χ4v) is 2.02. The van der Waals surface area contributed by atoms with Crippen LogP contribution in [0.3, 0.4) is 0 Å². The van der Waals surface area contributed by atoms with Crippen molar-refractivity contribution in [3.63, 3.8) is 0 Å². The van der Waals surface area contributed by atoms with Crippen molar-refractivity contribution in [2.45, 2.75) is 25.8 Å². The molecule has 0 aromatic carbocycles. The molecule has 0 amide bonds. The van der Waals surface area contributed by atoms with Crippen LogP contribution in [0.1, 0.15) is 30.0 Å². The molecule has 0 radical (unpaired) electrons. The van der Waals surface area contributed by atoms with Crippen LogP contribution >= 0.6 is 0 Å². The van der Waals surface area contributed by atoms with E-state index < -0.39 is 0 Å². The van der Waals surface area contributed by atoms with Crippen LogP contribution < -0.4 is 10.6 Å². The molecule has 1 aliphatic rings. The molecule has 0 bridgehead atoms. The molecule has 14 heavy (non-hydrogen) atoms. The van der Waals surface area contributed by atoms with Crippen molar-refractivity contribution in [1.82, 2.24) is 10.3 Å². The van der Waals surface area contributed by atoms with E-state index >= 15 is 0 Å². The number of aromatic nitrogens is 1. The Labute approximate surface area is 84.9 Å². The lowest BCUT2D eigenvalue weighted by Crippen LogP contribution is -2.14. The van der Waals surface area contributed by atoms with Crippen molar-refractivity contribution < 1.29 is 0 Å². The van der Waals surface area contributed by atoms with Crippen molar-refractivity contribution in [1.29, 1.82) is 0 Å². The van der Waals surface area contributed by atoms with E-state index in [1.165, 1.54) is 24.0 Å². The van der Waals surface area contributed by atoms with Gasteiger partial charge in [-0.1, -0.05) is 0 Å². The maximum absolute atomic E-state index is 4.35. The van der Waals surface area contributed by atoms with Crippen molar-refractivity contribution in [3.8, 4) is 0 Å². The molecule has 2 heterocycles. The molecule has 2 rings (SSSR count). The summed E-state index contributed by atoms with van der Waals surface area (Å²) < 4.78 is 0. The quantitative estimate of drug-likeness (QED) is 0.749. The van der Waals surface area contributed by atoms with Crippen LogP contribution in [0.25, 0.3) is 0 Å². The monoisotopic (exact) mass is 191 g/mol. The van der Waals surface area contributed by atoms with E-state index in [1.807, 2.05) is 13.2 Å². The van der Waals surface area contributed by atoms with Crippen molar-refractivity contribution in [2.75, 3.05) is 18.9 Å². The van der Waals surface area contributed by atoms with Gasteiger partial charge in [0.2, 0.25) is 0 Å². The summed E-state index contributed by atoms with van der Waals surface area (Å²) in [5, 5.41) is 6.54. The largest absolute Gasteiger partial charge is 0.373 e. The third kappa shape index (κ3) is 1.73. The molecule has 0 saturated carbocycles. The molecular formula is C11H17N3. The minimum atomic E-state index is 0.522. The van der Waals surface area contributed by atoms with Gasteiger partial charge in [-0.25, -0.2) is 4.98 Å². The zero-order valence-corrected chi connectivity index (χ0v) is 8.80. The van der Waals surface area contributed by atoms with E-state index in [9.17, 15) is 0 Å². The molecular weight excluding hydrogens is 174 g/mol. The number of pyridine rings is 1. The van der Waals surface area contributed by atoms with Crippen LogP contribution in [-0.4, -0.2) is 18.6 Å². The maximum Gasteiger partial charge on any atom is 0.125 e. The van der Waals surface area contributed by atoms with E-state index in [4.69, 9.17) is 0 Å². The summed E-state index contributed by atoms with van der Waals surface area (Å²) in [4.78, 5) is 4.35. The van der Waals surface area contributed by atoms with Gasteiger partial charge in [0, 0.05) is 19.3 Å². The fourth-order valence-electron chi connectivity index (χ4n) is 2.02. The van der Waals surface area contributed by atoms with Gasteiger partial charge in [-0.2, -0.15) is 0 Å². The number of rotatable bonds is 2. The number of hydrogen-bond donors (Lipinski definition) is 2. The molecule has 1 aliphatic heterocycles. The van der Waals surface area contributed by atoms with Gasteiger partial charge in [0.05, 0.1) is 0 Å². The highest BCUT2D eigenvalue weighted by Crippen LogP contribution is 2.25. The first-order valence-corrected chi connectivity index (χ1v) is 5.19. The summed E-state index contributed by atoms with van der Waals surface area (Å²) in [6, 6.07) is 2.63. The van der Waals surface area contributed by atoms with Crippen LogP contribution in [0, 0.1) is 6.92 Å². The summed E-state index contributed by atoms with van der Waals surface area (Å²) in [7, 11) is 1.90. The van der Waals surface area contributed by atoms with Gasteiger partial charge in [0.1, 0.15) is 5.82 Å². The zero-order chi connectivity index (χ0) is 9.97. The minimum absolute atomic E-state index is 0.522. The highest BCUT2D eigenvalue weighted by Gasteiger charge is 2.18. The van der Waals surface area contributed by atoms with Crippen LogP contribution in [0.15, 0.2) is 12.3 Å². The molecule has 1 atom stereocenters. The number of nitrogens with one attached hydrogen (secondary N) is 2. The predicted molar refractivity (Wildman–Crippen MR) is 58.5 cm³/mol. The Kier molecular flexibility index (Phi) is 2.68. The molecule has 3 heteroatoms. The Morgan fingerprint density at radius 3 is 3.00 bits per heavy atom. The van der Waals surface area contributed by atoms with Gasteiger partial charge < -0.3 is 10.6 Å². The number of anilines is 1. The minimum Gasteiger partial charge on any atom is -0.373 e. The van der Waals surface area contributed by atoms with Crippen molar-refractivity contribution >= 4 is 5.82 Å². The third-order valence-corrected chi connectivity index (χ3v) is 2.84. The summed E-state index contributed by atoms with van der Waals surface area (Å²) in [5.74, 6) is 0.948. The van der Waals surface area contributed by atoms with Crippen LogP contribution in [-0.2, 0) is 0 Å². The molecule has 0 spiro atoms. The number of aryl methyl sites for hydroxylation is 1. The maximum atomic E-state index is 4.35.